The number of aromatic amines is 1. The Labute approximate surface area is 96.2 Å². The van der Waals surface area contributed by atoms with Crippen LogP contribution in [0.15, 0.2) is 0 Å². The first-order chi connectivity index (χ1) is 7.84. The molecule has 2 aliphatic rings. The van der Waals surface area contributed by atoms with E-state index in [1.54, 1.807) is 0 Å². The molecule has 0 spiro atoms. The number of aromatic nitrogens is 3. The van der Waals surface area contributed by atoms with E-state index in [0.29, 0.717) is 5.92 Å². The second kappa shape index (κ2) is 3.84. The van der Waals surface area contributed by atoms with Crippen molar-refractivity contribution in [3.05, 3.63) is 11.6 Å². The zero-order valence-electron chi connectivity index (χ0n) is 9.92. The van der Waals surface area contributed by atoms with E-state index in [4.69, 9.17) is 4.98 Å². The number of rotatable bonds is 4. The number of hydrogen-bond acceptors (Lipinski definition) is 3. The maximum absolute atomic E-state index is 4.72. The molecular weight excluding hydrogens is 200 g/mol. The van der Waals surface area contributed by atoms with Gasteiger partial charge < -0.3 is 5.32 Å². The first-order valence-electron chi connectivity index (χ1n) is 6.52. The average molecular weight is 220 g/mol. The maximum Gasteiger partial charge on any atom is 0.170 e. The van der Waals surface area contributed by atoms with Gasteiger partial charge in [0, 0.05) is 5.92 Å². The van der Waals surface area contributed by atoms with Crippen molar-refractivity contribution in [3.63, 3.8) is 0 Å². The van der Waals surface area contributed by atoms with Gasteiger partial charge in [-0.05, 0) is 38.6 Å². The van der Waals surface area contributed by atoms with Crippen molar-refractivity contribution in [1.29, 1.82) is 0 Å². The molecule has 3 rings (SSSR count). The zero-order valence-corrected chi connectivity index (χ0v) is 9.92. The van der Waals surface area contributed by atoms with Crippen LogP contribution >= 0.6 is 0 Å². The molecule has 0 aromatic carbocycles. The van der Waals surface area contributed by atoms with Crippen LogP contribution in [-0.2, 0) is 5.54 Å². The lowest BCUT2D eigenvalue weighted by molar-refractivity contribution is 0.335. The lowest BCUT2D eigenvalue weighted by Gasteiger charge is -2.25. The number of nitrogens with zero attached hydrogens (tertiary/aromatic N) is 2. The van der Waals surface area contributed by atoms with Gasteiger partial charge in [0.1, 0.15) is 5.82 Å². The third-order valence-corrected chi connectivity index (χ3v) is 3.82. The third kappa shape index (κ3) is 1.65. The molecule has 4 heteroatoms. The summed E-state index contributed by atoms with van der Waals surface area (Å²) in [5, 5.41) is 11.2. The molecule has 0 amide bonds. The van der Waals surface area contributed by atoms with Gasteiger partial charge in [-0.2, -0.15) is 5.10 Å². The number of hydrogen-bond donors (Lipinski definition) is 2. The van der Waals surface area contributed by atoms with Gasteiger partial charge in [-0.1, -0.05) is 13.3 Å². The fourth-order valence-corrected chi connectivity index (χ4v) is 2.78. The van der Waals surface area contributed by atoms with Crippen molar-refractivity contribution < 1.29 is 0 Å². The second-order valence-corrected chi connectivity index (χ2v) is 5.18. The van der Waals surface area contributed by atoms with Gasteiger partial charge in [-0.25, -0.2) is 4.98 Å². The van der Waals surface area contributed by atoms with Gasteiger partial charge >= 0.3 is 0 Å². The van der Waals surface area contributed by atoms with Crippen LogP contribution in [0.3, 0.4) is 0 Å². The van der Waals surface area contributed by atoms with E-state index in [0.717, 1.165) is 24.6 Å². The summed E-state index contributed by atoms with van der Waals surface area (Å²) in [6.07, 6.45) is 7.32. The Kier molecular flexibility index (Phi) is 2.46. The molecule has 2 fully saturated rings. The highest BCUT2D eigenvalue weighted by Crippen LogP contribution is 2.39. The predicted molar refractivity (Wildman–Crippen MR) is 62.2 cm³/mol. The van der Waals surface area contributed by atoms with Crippen LogP contribution in [0.5, 0.6) is 0 Å². The Morgan fingerprint density at radius 2 is 2.31 bits per heavy atom. The number of H-pyrrole nitrogens is 1. The summed E-state index contributed by atoms with van der Waals surface area (Å²) in [6, 6.07) is 0. The van der Waals surface area contributed by atoms with Gasteiger partial charge in [0.2, 0.25) is 0 Å². The van der Waals surface area contributed by atoms with Crippen molar-refractivity contribution in [3.8, 4) is 0 Å². The van der Waals surface area contributed by atoms with Crippen LogP contribution in [0, 0.1) is 0 Å². The molecule has 0 radical (unpaired) electrons. The first-order valence-corrected chi connectivity index (χ1v) is 6.52. The Morgan fingerprint density at radius 1 is 1.44 bits per heavy atom. The van der Waals surface area contributed by atoms with E-state index in [9.17, 15) is 0 Å². The minimum absolute atomic E-state index is 0.0678. The van der Waals surface area contributed by atoms with Crippen LogP contribution in [-0.4, -0.2) is 21.7 Å². The van der Waals surface area contributed by atoms with Gasteiger partial charge in [-0.15, -0.1) is 0 Å². The molecule has 2 heterocycles. The Balaban J connectivity index is 1.86. The van der Waals surface area contributed by atoms with Crippen molar-refractivity contribution in [1.82, 2.24) is 20.5 Å². The van der Waals surface area contributed by atoms with E-state index < -0.39 is 0 Å². The molecule has 2 N–H and O–H groups in total. The smallest absolute Gasteiger partial charge is 0.170 e. The largest absolute Gasteiger partial charge is 0.305 e. The molecule has 1 saturated heterocycles. The van der Waals surface area contributed by atoms with Crippen LogP contribution < -0.4 is 5.32 Å². The van der Waals surface area contributed by atoms with Crippen molar-refractivity contribution in [2.24, 2.45) is 0 Å². The highest BCUT2D eigenvalue weighted by atomic mass is 15.3. The summed E-state index contributed by atoms with van der Waals surface area (Å²) in [6.45, 7) is 3.34. The Hall–Kier alpha value is -0.900. The van der Waals surface area contributed by atoms with Crippen LogP contribution in [0.1, 0.15) is 63.0 Å². The lowest BCUT2D eigenvalue weighted by Crippen LogP contribution is -2.37. The second-order valence-electron chi connectivity index (χ2n) is 5.18. The molecule has 0 bridgehead atoms. The predicted octanol–water partition coefficient (Wildman–Crippen LogP) is 2.06. The minimum atomic E-state index is 0.0678. The molecule has 1 aliphatic heterocycles. The Morgan fingerprint density at radius 3 is 2.94 bits per heavy atom. The highest BCUT2D eigenvalue weighted by Gasteiger charge is 2.39. The van der Waals surface area contributed by atoms with Crippen LogP contribution in [0.25, 0.3) is 0 Å². The van der Waals surface area contributed by atoms with E-state index in [-0.39, 0.29) is 5.54 Å². The molecule has 1 aliphatic carbocycles. The summed E-state index contributed by atoms with van der Waals surface area (Å²) >= 11 is 0. The summed E-state index contributed by atoms with van der Waals surface area (Å²) in [5.41, 5.74) is 0.0678. The molecule has 4 nitrogen and oxygen atoms in total. The zero-order chi connectivity index (χ0) is 11.0. The minimum Gasteiger partial charge on any atom is -0.305 e. The Bertz CT molecular complexity index is 361. The number of nitrogens with one attached hydrogen (secondary N) is 2. The maximum atomic E-state index is 4.72. The molecule has 1 aromatic heterocycles. The van der Waals surface area contributed by atoms with Crippen molar-refractivity contribution in [2.45, 2.75) is 56.9 Å². The summed E-state index contributed by atoms with van der Waals surface area (Å²) < 4.78 is 0. The fraction of sp³-hybridized carbons (Fsp3) is 0.833. The van der Waals surface area contributed by atoms with E-state index >= 15 is 0 Å². The third-order valence-electron chi connectivity index (χ3n) is 3.82. The van der Waals surface area contributed by atoms with Gasteiger partial charge in [-0.3, -0.25) is 5.10 Å². The van der Waals surface area contributed by atoms with Crippen molar-refractivity contribution >= 4 is 0 Å². The highest BCUT2D eigenvalue weighted by molar-refractivity contribution is 5.13. The van der Waals surface area contributed by atoms with E-state index in [1.165, 1.54) is 32.1 Å². The lowest BCUT2D eigenvalue weighted by atomic mass is 9.91. The van der Waals surface area contributed by atoms with E-state index in [2.05, 4.69) is 22.4 Å². The summed E-state index contributed by atoms with van der Waals surface area (Å²) in [4.78, 5) is 4.72. The molecular formula is C12H20N4. The van der Waals surface area contributed by atoms with Gasteiger partial charge in [0.25, 0.3) is 0 Å². The molecule has 1 atom stereocenters. The first kappa shape index (κ1) is 10.3. The van der Waals surface area contributed by atoms with Gasteiger partial charge in [0.05, 0.1) is 5.54 Å². The van der Waals surface area contributed by atoms with Crippen molar-refractivity contribution in [2.75, 3.05) is 6.54 Å². The normalized spacial score (nSPS) is 29.8. The molecule has 16 heavy (non-hydrogen) atoms. The monoisotopic (exact) mass is 220 g/mol. The summed E-state index contributed by atoms with van der Waals surface area (Å²) in [7, 11) is 0. The van der Waals surface area contributed by atoms with E-state index in [1.807, 2.05) is 0 Å². The van der Waals surface area contributed by atoms with Crippen LogP contribution in [0.4, 0.5) is 0 Å². The molecule has 1 unspecified atom stereocenters. The molecule has 1 aromatic rings. The average Bonchev–Trinajstić information content (AvgIpc) is 2.83. The van der Waals surface area contributed by atoms with Gasteiger partial charge in [0.15, 0.2) is 5.82 Å². The standard InChI is InChI=1S/C12H20N4/c1-2-6-12(7-3-8-13-12)11-14-10(15-16-11)9-4-5-9/h9,13H,2-8H2,1H3,(H,14,15,16). The van der Waals surface area contributed by atoms with Crippen LogP contribution in [0.2, 0.25) is 0 Å². The SMILES string of the molecule is CCCC1(c2n[nH]c(C3CC3)n2)CCCN1. The summed E-state index contributed by atoms with van der Waals surface area (Å²) in [5.74, 6) is 2.79. The fourth-order valence-electron chi connectivity index (χ4n) is 2.78. The molecule has 1 saturated carbocycles. The quantitative estimate of drug-likeness (QED) is 0.816. The molecule has 88 valence electrons. The topological polar surface area (TPSA) is 53.6 Å².